The van der Waals surface area contributed by atoms with E-state index in [0.717, 1.165) is 51.6 Å². The predicted octanol–water partition coefficient (Wildman–Crippen LogP) is 6.59. The average molecular weight is 429 g/mol. The molecule has 0 N–H and O–H groups in total. The summed E-state index contributed by atoms with van der Waals surface area (Å²) in [6, 6.07) is 12.1. The van der Waals surface area contributed by atoms with Crippen molar-refractivity contribution in [1.82, 2.24) is 0 Å². The van der Waals surface area contributed by atoms with Gasteiger partial charge >= 0.3 is 0 Å². The van der Waals surface area contributed by atoms with Gasteiger partial charge in [0.15, 0.2) is 0 Å². The molecule has 0 amide bonds. The molecular formula is C25H29ClO2S. The van der Waals surface area contributed by atoms with Crippen LogP contribution in [0.15, 0.2) is 41.3 Å². The van der Waals surface area contributed by atoms with Crippen LogP contribution in [-0.2, 0) is 22.4 Å². The average Bonchev–Trinajstić information content (AvgIpc) is 2.69. The number of ketones is 2. The van der Waals surface area contributed by atoms with Crippen LogP contribution in [0.3, 0.4) is 0 Å². The van der Waals surface area contributed by atoms with E-state index in [1.165, 1.54) is 5.56 Å². The van der Waals surface area contributed by atoms with Crippen molar-refractivity contribution >= 4 is 34.9 Å². The monoisotopic (exact) mass is 428 g/mol. The highest BCUT2D eigenvalue weighted by Gasteiger charge is 2.38. The molecule has 0 atom stereocenters. The van der Waals surface area contributed by atoms with E-state index < -0.39 is 5.92 Å². The Bertz CT molecular complexity index is 862. The van der Waals surface area contributed by atoms with E-state index in [4.69, 9.17) is 11.6 Å². The van der Waals surface area contributed by atoms with Crippen LogP contribution in [0.4, 0.5) is 0 Å². The fourth-order valence-corrected chi connectivity index (χ4v) is 5.74. The largest absolute Gasteiger partial charge is 0.299 e. The molecule has 0 saturated heterocycles. The van der Waals surface area contributed by atoms with Crippen LogP contribution >= 0.6 is 23.4 Å². The van der Waals surface area contributed by atoms with E-state index >= 15 is 0 Å². The van der Waals surface area contributed by atoms with E-state index in [9.17, 15) is 9.59 Å². The molecule has 2 aromatic rings. The first-order valence-electron chi connectivity index (χ1n) is 10.5. The van der Waals surface area contributed by atoms with Gasteiger partial charge in [0, 0.05) is 17.7 Å². The molecule has 0 aliphatic heterocycles. The summed E-state index contributed by atoms with van der Waals surface area (Å²) in [4.78, 5) is 27.2. The van der Waals surface area contributed by atoms with Gasteiger partial charge in [-0.2, -0.15) is 0 Å². The Morgan fingerprint density at radius 3 is 2.14 bits per heavy atom. The Kier molecular flexibility index (Phi) is 7.59. The third kappa shape index (κ3) is 5.13. The highest BCUT2D eigenvalue weighted by atomic mass is 35.5. The number of hydrogen-bond acceptors (Lipinski definition) is 3. The van der Waals surface area contributed by atoms with Crippen LogP contribution < -0.4 is 0 Å². The second-order valence-electron chi connectivity index (χ2n) is 7.91. The Labute approximate surface area is 183 Å². The van der Waals surface area contributed by atoms with Crippen molar-refractivity contribution in [2.24, 2.45) is 5.92 Å². The minimum Gasteiger partial charge on any atom is -0.299 e. The standard InChI is InChI=1S/C25H29ClO2S/c1-4-18-12-16(3)13-19(5-2)24(18)25-21(27)14-17(15-22(25)28)10-11-29-23-9-7-6-8-20(23)26/h6-9,12-13,17,25H,4-5,10-11,14-15H2,1-3H3. The van der Waals surface area contributed by atoms with E-state index in [1.807, 2.05) is 24.3 Å². The summed E-state index contributed by atoms with van der Waals surface area (Å²) in [5.74, 6) is 0.643. The lowest BCUT2D eigenvalue weighted by Gasteiger charge is -2.29. The fraction of sp³-hybridized carbons (Fsp3) is 0.440. The predicted molar refractivity (Wildman–Crippen MR) is 122 cm³/mol. The van der Waals surface area contributed by atoms with Crippen molar-refractivity contribution < 1.29 is 9.59 Å². The van der Waals surface area contributed by atoms with Gasteiger partial charge < -0.3 is 0 Å². The van der Waals surface area contributed by atoms with Gasteiger partial charge in [-0.05, 0) is 66.7 Å². The van der Waals surface area contributed by atoms with E-state index in [2.05, 4.69) is 32.9 Å². The summed E-state index contributed by atoms with van der Waals surface area (Å²) >= 11 is 7.92. The smallest absolute Gasteiger partial charge is 0.148 e. The second kappa shape index (κ2) is 9.95. The summed E-state index contributed by atoms with van der Waals surface area (Å²) < 4.78 is 0. The fourth-order valence-electron chi connectivity index (χ4n) is 4.39. The summed E-state index contributed by atoms with van der Waals surface area (Å²) in [6.07, 6.45) is 3.55. The first kappa shape index (κ1) is 22.1. The van der Waals surface area contributed by atoms with Gasteiger partial charge in [0.1, 0.15) is 17.5 Å². The lowest BCUT2D eigenvalue weighted by atomic mass is 9.73. The van der Waals surface area contributed by atoms with Crippen LogP contribution in [0.25, 0.3) is 0 Å². The molecule has 1 aliphatic carbocycles. The summed E-state index contributed by atoms with van der Waals surface area (Å²) in [5.41, 5.74) is 4.51. The Morgan fingerprint density at radius 2 is 1.59 bits per heavy atom. The molecule has 29 heavy (non-hydrogen) atoms. The minimum absolute atomic E-state index is 0.0993. The molecule has 0 bridgehead atoms. The summed E-state index contributed by atoms with van der Waals surface area (Å²) in [7, 11) is 0. The van der Waals surface area contributed by atoms with Gasteiger partial charge in [-0.25, -0.2) is 0 Å². The Morgan fingerprint density at radius 1 is 1.00 bits per heavy atom. The first-order chi connectivity index (χ1) is 13.9. The maximum atomic E-state index is 13.1. The van der Waals surface area contributed by atoms with Crippen LogP contribution in [-0.4, -0.2) is 17.3 Å². The number of Topliss-reactive ketones (excluding diaryl/α,β-unsaturated/α-hetero) is 2. The van der Waals surface area contributed by atoms with Crippen molar-refractivity contribution in [2.45, 2.75) is 63.7 Å². The Hall–Kier alpha value is -1.58. The molecule has 1 aliphatic rings. The topological polar surface area (TPSA) is 34.1 Å². The van der Waals surface area contributed by atoms with Gasteiger partial charge in [-0.1, -0.05) is 55.3 Å². The molecule has 154 valence electrons. The molecule has 0 aromatic heterocycles. The van der Waals surface area contributed by atoms with Crippen LogP contribution in [0, 0.1) is 12.8 Å². The van der Waals surface area contributed by atoms with Gasteiger partial charge in [-0.3, -0.25) is 9.59 Å². The molecule has 0 spiro atoms. The molecule has 3 rings (SSSR count). The van der Waals surface area contributed by atoms with E-state index in [-0.39, 0.29) is 17.5 Å². The quantitative estimate of drug-likeness (QED) is 0.368. The van der Waals surface area contributed by atoms with Crippen molar-refractivity contribution in [3.05, 3.63) is 63.7 Å². The normalized spacial score (nSPS) is 19.6. The van der Waals surface area contributed by atoms with Gasteiger partial charge in [0.05, 0.1) is 5.02 Å². The summed E-state index contributed by atoms with van der Waals surface area (Å²) in [5, 5.41) is 0.756. The van der Waals surface area contributed by atoms with Crippen molar-refractivity contribution in [3.8, 4) is 0 Å². The van der Waals surface area contributed by atoms with Crippen molar-refractivity contribution in [3.63, 3.8) is 0 Å². The highest BCUT2D eigenvalue weighted by molar-refractivity contribution is 7.99. The molecular weight excluding hydrogens is 400 g/mol. The van der Waals surface area contributed by atoms with Gasteiger partial charge in [-0.15, -0.1) is 11.8 Å². The molecule has 0 unspecified atom stereocenters. The van der Waals surface area contributed by atoms with Crippen LogP contribution in [0.5, 0.6) is 0 Å². The Balaban J connectivity index is 1.70. The summed E-state index contributed by atoms with van der Waals surface area (Å²) in [6.45, 7) is 6.29. The molecule has 4 heteroatoms. The van der Waals surface area contributed by atoms with Gasteiger partial charge in [0.25, 0.3) is 0 Å². The molecule has 2 aromatic carbocycles. The molecule has 0 radical (unpaired) electrons. The molecule has 1 fully saturated rings. The first-order valence-corrected chi connectivity index (χ1v) is 11.9. The molecule has 0 heterocycles. The van der Waals surface area contributed by atoms with Crippen molar-refractivity contribution in [2.75, 3.05) is 5.75 Å². The number of hydrogen-bond donors (Lipinski definition) is 0. The minimum atomic E-state index is -0.562. The maximum absolute atomic E-state index is 13.1. The zero-order valence-corrected chi connectivity index (χ0v) is 19.0. The second-order valence-corrected chi connectivity index (χ2v) is 9.46. The number of aryl methyl sites for hydroxylation is 3. The van der Waals surface area contributed by atoms with Crippen molar-refractivity contribution in [1.29, 1.82) is 0 Å². The lowest BCUT2D eigenvalue weighted by Crippen LogP contribution is -2.33. The third-order valence-corrected chi connectivity index (χ3v) is 7.34. The number of halogens is 1. The molecule has 2 nitrogen and oxygen atoms in total. The van der Waals surface area contributed by atoms with E-state index in [1.54, 1.807) is 11.8 Å². The number of carbonyl (C=O) groups excluding carboxylic acids is 2. The number of carbonyl (C=O) groups is 2. The zero-order valence-electron chi connectivity index (χ0n) is 17.5. The van der Waals surface area contributed by atoms with Crippen LogP contribution in [0.1, 0.15) is 61.3 Å². The zero-order chi connectivity index (χ0) is 21.0. The number of benzene rings is 2. The number of rotatable bonds is 7. The lowest BCUT2D eigenvalue weighted by molar-refractivity contribution is -0.133. The van der Waals surface area contributed by atoms with Gasteiger partial charge in [0.2, 0.25) is 0 Å². The molecule has 1 saturated carbocycles. The maximum Gasteiger partial charge on any atom is 0.148 e. The van der Waals surface area contributed by atoms with Crippen LogP contribution in [0.2, 0.25) is 5.02 Å². The highest BCUT2D eigenvalue weighted by Crippen LogP contribution is 2.37. The SMILES string of the molecule is CCc1cc(C)cc(CC)c1C1C(=O)CC(CCSc2ccccc2Cl)CC1=O. The van der Waals surface area contributed by atoms with E-state index in [0.29, 0.717) is 12.8 Å². The number of thioether (sulfide) groups is 1. The third-order valence-electron chi connectivity index (χ3n) is 5.79.